The topological polar surface area (TPSA) is 76.9 Å². The molecule has 0 amide bonds. The Morgan fingerprint density at radius 3 is 2.65 bits per heavy atom. The summed E-state index contributed by atoms with van der Waals surface area (Å²) in [4.78, 5) is 18.1. The van der Waals surface area contributed by atoms with Crippen molar-refractivity contribution in [2.45, 2.75) is 45.6 Å². The number of hydrogen-bond acceptors (Lipinski definition) is 5. The van der Waals surface area contributed by atoms with Crippen molar-refractivity contribution in [1.29, 1.82) is 0 Å². The zero-order chi connectivity index (χ0) is 18.4. The molecule has 2 N–H and O–H groups in total. The van der Waals surface area contributed by atoms with Crippen LogP contribution in [0.25, 0.3) is 0 Å². The largest absolute Gasteiger partial charge is 0.392 e. The summed E-state index contributed by atoms with van der Waals surface area (Å²) in [7, 11) is 0. The van der Waals surface area contributed by atoms with E-state index in [1.807, 2.05) is 6.07 Å². The van der Waals surface area contributed by atoms with Gasteiger partial charge in [-0.25, -0.2) is 9.97 Å². The van der Waals surface area contributed by atoms with Crippen LogP contribution in [0, 0.1) is 5.41 Å². The first-order chi connectivity index (χ1) is 12.6. The van der Waals surface area contributed by atoms with Gasteiger partial charge in [-0.3, -0.25) is 4.99 Å². The second-order valence-electron chi connectivity index (χ2n) is 7.61. The molecule has 0 spiro atoms. The molecule has 2 fully saturated rings. The van der Waals surface area contributed by atoms with E-state index in [2.05, 4.69) is 38.9 Å². The number of anilines is 1. The number of rotatable bonds is 4. The number of nitrogens with one attached hydrogen (secondary N) is 1. The second-order valence-corrected chi connectivity index (χ2v) is 7.61. The van der Waals surface area contributed by atoms with Crippen LogP contribution in [0.3, 0.4) is 0 Å². The summed E-state index contributed by atoms with van der Waals surface area (Å²) < 4.78 is 0. The van der Waals surface area contributed by atoms with E-state index in [9.17, 15) is 5.11 Å². The summed E-state index contributed by atoms with van der Waals surface area (Å²) in [5, 5.41) is 13.8. The third-order valence-electron chi connectivity index (χ3n) is 5.62. The van der Waals surface area contributed by atoms with Crippen molar-refractivity contribution in [2.75, 3.05) is 44.2 Å². The first-order valence-corrected chi connectivity index (χ1v) is 9.86. The normalized spacial score (nSPS) is 27.5. The smallest absolute Gasteiger partial charge is 0.225 e. The number of hydrogen-bond donors (Lipinski definition) is 2. The second kappa shape index (κ2) is 8.66. The van der Waals surface area contributed by atoms with E-state index in [0.29, 0.717) is 6.54 Å². The summed E-state index contributed by atoms with van der Waals surface area (Å²) in [5.74, 6) is 1.76. The van der Waals surface area contributed by atoms with Gasteiger partial charge in [0, 0.05) is 50.5 Å². The molecule has 0 radical (unpaired) electrons. The Balaban J connectivity index is 1.61. The fourth-order valence-electron chi connectivity index (χ4n) is 3.82. The van der Waals surface area contributed by atoms with Crippen LogP contribution < -0.4 is 10.2 Å². The number of aromatic nitrogens is 2. The van der Waals surface area contributed by atoms with Crippen LogP contribution in [-0.2, 0) is 0 Å². The van der Waals surface area contributed by atoms with Crippen LogP contribution in [0.2, 0.25) is 0 Å². The third kappa shape index (κ3) is 4.44. The lowest BCUT2D eigenvalue weighted by Gasteiger charge is -2.39. The molecule has 2 heterocycles. The molecule has 7 nitrogen and oxygen atoms in total. The highest BCUT2D eigenvalue weighted by Crippen LogP contribution is 2.36. The number of piperazine rings is 1. The molecule has 2 unspecified atom stereocenters. The van der Waals surface area contributed by atoms with Gasteiger partial charge in [0.25, 0.3) is 0 Å². The number of aliphatic imine (C=N–C) groups is 1. The fraction of sp³-hybridized carbons (Fsp3) is 0.737. The number of nitrogens with zero attached hydrogens (tertiary/aromatic N) is 5. The van der Waals surface area contributed by atoms with Crippen LogP contribution >= 0.6 is 0 Å². The zero-order valence-electron chi connectivity index (χ0n) is 16.1. The molecule has 2 atom stereocenters. The van der Waals surface area contributed by atoms with E-state index < -0.39 is 0 Å². The van der Waals surface area contributed by atoms with E-state index in [1.54, 1.807) is 12.4 Å². The Kier molecular flexibility index (Phi) is 6.29. The van der Waals surface area contributed by atoms with Gasteiger partial charge in [0.2, 0.25) is 5.95 Å². The van der Waals surface area contributed by atoms with Crippen molar-refractivity contribution in [3.63, 3.8) is 0 Å². The van der Waals surface area contributed by atoms with Crippen molar-refractivity contribution in [1.82, 2.24) is 20.2 Å². The van der Waals surface area contributed by atoms with Gasteiger partial charge in [-0.15, -0.1) is 0 Å². The molecule has 1 aromatic heterocycles. The summed E-state index contributed by atoms with van der Waals surface area (Å²) in [5.41, 5.74) is -0.0986. The molecule has 1 saturated carbocycles. The predicted molar refractivity (Wildman–Crippen MR) is 104 cm³/mol. The van der Waals surface area contributed by atoms with Crippen LogP contribution in [0.5, 0.6) is 0 Å². The summed E-state index contributed by atoms with van der Waals surface area (Å²) >= 11 is 0. The van der Waals surface area contributed by atoms with Gasteiger partial charge in [-0.05, 0) is 25.8 Å². The lowest BCUT2D eigenvalue weighted by Crippen LogP contribution is -2.53. The van der Waals surface area contributed by atoms with Gasteiger partial charge in [0.15, 0.2) is 5.96 Å². The maximum atomic E-state index is 10.4. The lowest BCUT2D eigenvalue weighted by molar-refractivity contribution is 0.00703. The lowest BCUT2D eigenvalue weighted by atomic mass is 9.73. The average Bonchev–Trinajstić information content (AvgIpc) is 2.68. The van der Waals surface area contributed by atoms with Gasteiger partial charge in [-0.1, -0.05) is 19.8 Å². The van der Waals surface area contributed by atoms with Crippen molar-refractivity contribution in [2.24, 2.45) is 10.4 Å². The SMILES string of the molecule is CCNC(=NCC1(C)CCCCC1O)N1CCN(c2ncccn2)CC1. The Hall–Kier alpha value is -1.89. The molecule has 2 aliphatic rings. The van der Waals surface area contributed by atoms with Crippen LogP contribution in [0.15, 0.2) is 23.5 Å². The monoisotopic (exact) mass is 360 g/mol. The number of guanidine groups is 1. The molecule has 3 rings (SSSR count). The molecule has 1 aromatic rings. The Morgan fingerprint density at radius 2 is 2.00 bits per heavy atom. The van der Waals surface area contributed by atoms with Crippen LogP contribution in [0.1, 0.15) is 39.5 Å². The van der Waals surface area contributed by atoms with E-state index >= 15 is 0 Å². The van der Waals surface area contributed by atoms with E-state index in [-0.39, 0.29) is 11.5 Å². The number of aliphatic hydroxyl groups excluding tert-OH is 1. The standard InChI is InChI=1S/C19H32N6O/c1-3-20-17(23-15-19(2)8-5-4-7-16(19)26)24-11-13-25(14-12-24)18-21-9-6-10-22-18/h6,9-10,16,26H,3-5,7-8,11-15H2,1-2H3,(H,20,23). The maximum Gasteiger partial charge on any atom is 0.225 e. The van der Waals surface area contributed by atoms with E-state index in [4.69, 9.17) is 4.99 Å². The molecule has 1 aliphatic carbocycles. The highest BCUT2D eigenvalue weighted by Gasteiger charge is 2.35. The van der Waals surface area contributed by atoms with E-state index in [0.717, 1.165) is 63.9 Å². The van der Waals surface area contributed by atoms with Crippen LogP contribution in [-0.4, -0.2) is 71.3 Å². The van der Waals surface area contributed by atoms with Gasteiger partial charge >= 0.3 is 0 Å². The fourth-order valence-corrected chi connectivity index (χ4v) is 3.82. The van der Waals surface area contributed by atoms with Gasteiger partial charge in [-0.2, -0.15) is 0 Å². The molecular weight excluding hydrogens is 328 g/mol. The zero-order valence-corrected chi connectivity index (χ0v) is 16.1. The Morgan fingerprint density at radius 1 is 1.27 bits per heavy atom. The molecule has 1 aliphatic heterocycles. The first-order valence-electron chi connectivity index (χ1n) is 9.86. The van der Waals surface area contributed by atoms with Gasteiger partial charge < -0.3 is 20.2 Å². The van der Waals surface area contributed by atoms with Crippen molar-refractivity contribution < 1.29 is 5.11 Å². The molecule has 26 heavy (non-hydrogen) atoms. The molecular formula is C19H32N6O. The Bertz CT molecular complexity index is 587. The third-order valence-corrected chi connectivity index (χ3v) is 5.62. The minimum Gasteiger partial charge on any atom is -0.392 e. The van der Waals surface area contributed by atoms with Gasteiger partial charge in [0.05, 0.1) is 12.6 Å². The van der Waals surface area contributed by atoms with Crippen molar-refractivity contribution in [3.05, 3.63) is 18.5 Å². The summed E-state index contributed by atoms with van der Waals surface area (Å²) in [6, 6.07) is 1.84. The van der Waals surface area contributed by atoms with Crippen LogP contribution in [0.4, 0.5) is 5.95 Å². The molecule has 0 bridgehead atoms. The highest BCUT2D eigenvalue weighted by molar-refractivity contribution is 5.80. The summed E-state index contributed by atoms with van der Waals surface area (Å²) in [6.45, 7) is 9.35. The molecule has 7 heteroatoms. The Labute approximate surface area is 156 Å². The maximum absolute atomic E-state index is 10.4. The van der Waals surface area contributed by atoms with E-state index in [1.165, 1.54) is 6.42 Å². The minimum atomic E-state index is -0.241. The minimum absolute atomic E-state index is 0.0986. The predicted octanol–water partition coefficient (Wildman–Crippen LogP) is 1.51. The average molecular weight is 361 g/mol. The van der Waals surface area contributed by atoms with Gasteiger partial charge in [0.1, 0.15) is 0 Å². The molecule has 144 valence electrons. The quantitative estimate of drug-likeness (QED) is 0.626. The first kappa shape index (κ1) is 18.9. The van der Waals surface area contributed by atoms with Crippen molar-refractivity contribution in [3.8, 4) is 0 Å². The van der Waals surface area contributed by atoms with Crippen molar-refractivity contribution >= 4 is 11.9 Å². The molecule has 0 aromatic carbocycles. The summed E-state index contributed by atoms with van der Waals surface area (Å²) in [6.07, 6.45) is 7.61. The molecule has 1 saturated heterocycles. The highest BCUT2D eigenvalue weighted by atomic mass is 16.3. The number of aliphatic hydroxyl groups is 1.